The van der Waals surface area contributed by atoms with Crippen LogP contribution in [-0.4, -0.2) is 80.0 Å². The Balaban J connectivity index is 1.84. The minimum absolute atomic E-state index is 0.184. The number of piperazine rings is 1. The molecule has 1 amide bonds. The molecule has 2 rings (SSSR count). The SMILES string of the molecule is CC(C)(C)OC(=O)N1CCNCC1CCN1CCOCC1. The summed E-state index contributed by atoms with van der Waals surface area (Å²) in [5.41, 5.74) is -0.434. The van der Waals surface area contributed by atoms with E-state index in [4.69, 9.17) is 9.47 Å². The zero-order valence-electron chi connectivity index (χ0n) is 13.6. The Labute approximate surface area is 127 Å². The molecule has 0 aliphatic carbocycles. The molecule has 6 nitrogen and oxygen atoms in total. The molecule has 0 aromatic carbocycles. The molecule has 122 valence electrons. The molecular weight excluding hydrogens is 270 g/mol. The smallest absolute Gasteiger partial charge is 0.410 e. The van der Waals surface area contributed by atoms with Gasteiger partial charge in [-0.25, -0.2) is 4.79 Å². The van der Waals surface area contributed by atoms with Gasteiger partial charge in [-0.1, -0.05) is 0 Å². The van der Waals surface area contributed by atoms with Crippen molar-refractivity contribution in [1.29, 1.82) is 0 Å². The van der Waals surface area contributed by atoms with E-state index in [1.807, 2.05) is 25.7 Å². The first-order valence-corrected chi connectivity index (χ1v) is 7.96. The molecule has 1 unspecified atom stereocenters. The van der Waals surface area contributed by atoms with E-state index in [-0.39, 0.29) is 12.1 Å². The lowest BCUT2D eigenvalue weighted by molar-refractivity contribution is 0.00590. The Bertz CT molecular complexity index is 338. The fraction of sp³-hybridized carbons (Fsp3) is 0.933. The van der Waals surface area contributed by atoms with E-state index < -0.39 is 5.60 Å². The zero-order valence-corrected chi connectivity index (χ0v) is 13.6. The number of amides is 1. The zero-order chi connectivity index (χ0) is 15.3. The number of nitrogens with one attached hydrogen (secondary N) is 1. The summed E-state index contributed by atoms with van der Waals surface area (Å²) in [6.45, 7) is 12.8. The van der Waals surface area contributed by atoms with Crippen LogP contribution < -0.4 is 5.32 Å². The molecule has 2 aliphatic rings. The van der Waals surface area contributed by atoms with Crippen LogP contribution >= 0.6 is 0 Å². The first-order valence-electron chi connectivity index (χ1n) is 7.96. The fourth-order valence-corrected chi connectivity index (χ4v) is 2.74. The largest absolute Gasteiger partial charge is 0.444 e. The van der Waals surface area contributed by atoms with Crippen molar-refractivity contribution in [2.24, 2.45) is 0 Å². The standard InChI is InChI=1S/C15H29N3O3/c1-15(2,3)21-14(19)18-7-5-16-12-13(18)4-6-17-8-10-20-11-9-17/h13,16H,4-12H2,1-3H3. The monoisotopic (exact) mass is 299 g/mol. The number of rotatable bonds is 3. The Morgan fingerprint density at radius 2 is 2.00 bits per heavy atom. The second-order valence-corrected chi connectivity index (χ2v) is 6.77. The van der Waals surface area contributed by atoms with Gasteiger partial charge in [0.1, 0.15) is 5.60 Å². The van der Waals surface area contributed by atoms with Crippen molar-refractivity contribution in [1.82, 2.24) is 15.1 Å². The molecule has 0 aromatic rings. The Kier molecular flexibility index (Phi) is 5.84. The number of carbonyl (C=O) groups excluding carboxylic acids is 1. The van der Waals surface area contributed by atoms with Crippen LogP contribution in [0.15, 0.2) is 0 Å². The third kappa shape index (κ3) is 5.45. The Morgan fingerprint density at radius 3 is 2.67 bits per heavy atom. The summed E-state index contributed by atoms with van der Waals surface area (Å²) in [5, 5.41) is 3.38. The summed E-state index contributed by atoms with van der Waals surface area (Å²) < 4.78 is 10.9. The van der Waals surface area contributed by atoms with Gasteiger partial charge in [0, 0.05) is 45.3 Å². The number of hydrogen-bond donors (Lipinski definition) is 1. The van der Waals surface area contributed by atoms with Crippen molar-refractivity contribution in [3.63, 3.8) is 0 Å². The van der Waals surface area contributed by atoms with E-state index in [9.17, 15) is 4.79 Å². The quantitative estimate of drug-likeness (QED) is 0.840. The third-order valence-electron chi connectivity index (χ3n) is 3.86. The molecule has 2 aliphatic heterocycles. The highest BCUT2D eigenvalue weighted by atomic mass is 16.6. The van der Waals surface area contributed by atoms with Crippen LogP contribution in [0.3, 0.4) is 0 Å². The normalized spacial score (nSPS) is 24.9. The van der Waals surface area contributed by atoms with Gasteiger partial charge < -0.3 is 19.7 Å². The van der Waals surface area contributed by atoms with Crippen LogP contribution in [0.1, 0.15) is 27.2 Å². The lowest BCUT2D eigenvalue weighted by Gasteiger charge is -2.38. The molecule has 2 heterocycles. The first kappa shape index (κ1) is 16.5. The maximum atomic E-state index is 12.3. The molecule has 0 aromatic heterocycles. The lowest BCUT2D eigenvalue weighted by Crippen LogP contribution is -2.55. The van der Waals surface area contributed by atoms with Gasteiger partial charge in [-0.05, 0) is 27.2 Å². The Hall–Kier alpha value is -0.850. The molecule has 0 spiro atoms. The van der Waals surface area contributed by atoms with Gasteiger partial charge in [0.15, 0.2) is 0 Å². The minimum Gasteiger partial charge on any atom is -0.444 e. The van der Waals surface area contributed by atoms with Gasteiger partial charge in [0.2, 0.25) is 0 Å². The van der Waals surface area contributed by atoms with Gasteiger partial charge in [0.05, 0.1) is 13.2 Å². The van der Waals surface area contributed by atoms with Gasteiger partial charge >= 0.3 is 6.09 Å². The molecular formula is C15H29N3O3. The molecule has 0 saturated carbocycles. The number of morpholine rings is 1. The van der Waals surface area contributed by atoms with E-state index in [2.05, 4.69) is 10.2 Å². The van der Waals surface area contributed by atoms with Crippen LogP contribution in [-0.2, 0) is 9.47 Å². The van der Waals surface area contributed by atoms with E-state index in [0.29, 0.717) is 0 Å². The molecule has 21 heavy (non-hydrogen) atoms. The third-order valence-corrected chi connectivity index (χ3v) is 3.86. The van der Waals surface area contributed by atoms with E-state index in [0.717, 1.165) is 58.9 Å². The highest BCUT2D eigenvalue weighted by Gasteiger charge is 2.30. The highest BCUT2D eigenvalue weighted by Crippen LogP contribution is 2.15. The summed E-state index contributed by atoms with van der Waals surface area (Å²) in [5.74, 6) is 0. The van der Waals surface area contributed by atoms with Crippen LogP contribution in [0, 0.1) is 0 Å². The number of hydrogen-bond acceptors (Lipinski definition) is 5. The average molecular weight is 299 g/mol. The van der Waals surface area contributed by atoms with Gasteiger partial charge in [-0.3, -0.25) is 4.90 Å². The molecule has 1 N–H and O–H groups in total. The fourth-order valence-electron chi connectivity index (χ4n) is 2.74. The predicted octanol–water partition coefficient (Wildman–Crippen LogP) is 0.918. The van der Waals surface area contributed by atoms with E-state index >= 15 is 0 Å². The van der Waals surface area contributed by atoms with E-state index in [1.54, 1.807) is 0 Å². The predicted molar refractivity (Wildman–Crippen MR) is 81.5 cm³/mol. The van der Waals surface area contributed by atoms with Crippen molar-refractivity contribution in [3.8, 4) is 0 Å². The summed E-state index contributed by atoms with van der Waals surface area (Å²) in [7, 11) is 0. The summed E-state index contributed by atoms with van der Waals surface area (Å²) in [4.78, 5) is 16.6. The summed E-state index contributed by atoms with van der Waals surface area (Å²) >= 11 is 0. The molecule has 2 fully saturated rings. The van der Waals surface area contributed by atoms with Gasteiger partial charge in [-0.15, -0.1) is 0 Å². The van der Waals surface area contributed by atoms with Crippen molar-refractivity contribution in [2.45, 2.75) is 38.8 Å². The van der Waals surface area contributed by atoms with Gasteiger partial charge in [0.25, 0.3) is 0 Å². The van der Waals surface area contributed by atoms with Crippen molar-refractivity contribution >= 4 is 6.09 Å². The van der Waals surface area contributed by atoms with Crippen LogP contribution in [0.25, 0.3) is 0 Å². The van der Waals surface area contributed by atoms with Gasteiger partial charge in [-0.2, -0.15) is 0 Å². The second-order valence-electron chi connectivity index (χ2n) is 6.77. The van der Waals surface area contributed by atoms with Crippen LogP contribution in [0.4, 0.5) is 4.79 Å². The summed E-state index contributed by atoms with van der Waals surface area (Å²) in [6, 6.07) is 0.219. The molecule has 2 saturated heterocycles. The minimum atomic E-state index is -0.434. The second kappa shape index (κ2) is 7.42. The molecule has 0 radical (unpaired) electrons. The topological polar surface area (TPSA) is 54.0 Å². The van der Waals surface area contributed by atoms with Crippen LogP contribution in [0.5, 0.6) is 0 Å². The first-order chi connectivity index (χ1) is 9.96. The Morgan fingerprint density at radius 1 is 1.29 bits per heavy atom. The van der Waals surface area contributed by atoms with Crippen LogP contribution in [0.2, 0.25) is 0 Å². The van der Waals surface area contributed by atoms with Crippen molar-refractivity contribution in [3.05, 3.63) is 0 Å². The van der Waals surface area contributed by atoms with Crippen molar-refractivity contribution in [2.75, 3.05) is 52.5 Å². The molecule has 6 heteroatoms. The molecule has 0 bridgehead atoms. The number of carbonyl (C=O) groups is 1. The number of nitrogens with zero attached hydrogens (tertiary/aromatic N) is 2. The molecule has 1 atom stereocenters. The van der Waals surface area contributed by atoms with E-state index in [1.165, 1.54) is 0 Å². The average Bonchev–Trinajstić information content (AvgIpc) is 2.45. The maximum absolute atomic E-state index is 12.3. The summed E-state index contributed by atoms with van der Waals surface area (Å²) in [6.07, 6.45) is 0.794. The lowest BCUT2D eigenvalue weighted by atomic mass is 10.1. The highest BCUT2D eigenvalue weighted by molar-refractivity contribution is 5.68. The maximum Gasteiger partial charge on any atom is 0.410 e. The number of ether oxygens (including phenoxy) is 2. The van der Waals surface area contributed by atoms with Crippen molar-refractivity contribution < 1.29 is 14.3 Å².